The number of hydrogen-bond acceptors (Lipinski definition) is 3. The second-order valence-corrected chi connectivity index (χ2v) is 5.10. The fraction of sp³-hybridized carbons (Fsp3) is 0. The highest BCUT2D eigenvalue weighted by molar-refractivity contribution is 9.10. The minimum absolute atomic E-state index is 0.0636. The molecule has 0 saturated heterocycles. The van der Waals surface area contributed by atoms with E-state index in [1.165, 1.54) is 24.3 Å². The molecule has 0 unspecified atom stereocenters. The van der Waals surface area contributed by atoms with Gasteiger partial charge in [-0.1, -0.05) is 15.9 Å². The number of amides is 1. The van der Waals surface area contributed by atoms with Crippen molar-refractivity contribution >= 4 is 39.2 Å². The molecule has 0 heterocycles. The summed E-state index contributed by atoms with van der Waals surface area (Å²) >= 11 is 3.19. The maximum atomic E-state index is 13.2. The van der Waals surface area contributed by atoms with Gasteiger partial charge in [0.25, 0.3) is 5.91 Å². The van der Waals surface area contributed by atoms with Crippen molar-refractivity contribution in [3.63, 3.8) is 0 Å². The van der Waals surface area contributed by atoms with Crippen LogP contribution in [0.1, 0.15) is 20.7 Å². The highest BCUT2D eigenvalue weighted by Crippen LogP contribution is 2.23. The molecule has 0 spiro atoms. The molecule has 0 radical (unpaired) electrons. The van der Waals surface area contributed by atoms with Gasteiger partial charge in [-0.05, 0) is 36.4 Å². The maximum absolute atomic E-state index is 13.2. The van der Waals surface area contributed by atoms with E-state index >= 15 is 0 Å². The monoisotopic (exact) mass is 352 g/mol. The summed E-state index contributed by atoms with van der Waals surface area (Å²) in [7, 11) is 0. The number of rotatable bonds is 3. The summed E-state index contributed by atoms with van der Waals surface area (Å²) in [5.74, 6) is -2.49. The van der Waals surface area contributed by atoms with Crippen LogP contribution in [0.4, 0.5) is 15.8 Å². The first-order chi connectivity index (χ1) is 9.88. The van der Waals surface area contributed by atoms with Gasteiger partial charge < -0.3 is 16.2 Å². The fourth-order valence-electron chi connectivity index (χ4n) is 1.72. The van der Waals surface area contributed by atoms with Crippen LogP contribution in [0.3, 0.4) is 0 Å². The highest BCUT2D eigenvalue weighted by atomic mass is 79.9. The molecule has 0 saturated carbocycles. The van der Waals surface area contributed by atoms with Gasteiger partial charge in [0.2, 0.25) is 0 Å². The molecule has 0 bridgehead atoms. The molecule has 2 aromatic carbocycles. The number of aromatic carboxylic acids is 1. The average molecular weight is 353 g/mol. The van der Waals surface area contributed by atoms with E-state index in [0.29, 0.717) is 4.47 Å². The van der Waals surface area contributed by atoms with E-state index in [2.05, 4.69) is 21.2 Å². The highest BCUT2D eigenvalue weighted by Gasteiger charge is 2.16. The van der Waals surface area contributed by atoms with Gasteiger partial charge in [0.1, 0.15) is 5.82 Å². The Labute approximate surface area is 127 Å². The standard InChI is InChI=1S/C14H10BrFN2O3/c15-7-1-3-9(14(20)21)12(5-7)18-13(19)10-6-8(16)2-4-11(10)17/h1-6H,17H2,(H,18,19)(H,20,21). The Hall–Kier alpha value is -2.41. The van der Waals surface area contributed by atoms with E-state index in [1.807, 2.05) is 0 Å². The molecule has 1 amide bonds. The van der Waals surface area contributed by atoms with Crippen LogP contribution in [0.25, 0.3) is 0 Å². The topological polar surface area (TPSA) is 92.4 Å². The lowest BCUT2D eigenvalue weighted by atomic mass is 10.1. The van der Waals surface area contributed by atoms with Gasteiger partial charge in [-0.2, -0.15) is 0 Å². The number of carbonyl (C=O) groups is 2. The van der Waals surface area contributed by atoms with Crippen LogP contribution in [0.2, 0.25) is 0 Å². The van der Waals surface area contributed by atoms with E-state index in [0.717, 1.165) is 12.1 Å². The molecule has 0 aromatic heterocycles. The summed E-state index contributed by atoms with van der Waals surface area (Å²) in [5.41, 5.74) is 5.66. The number of nitrogens with two attached hydrogens (primary N) is 1. The van der Waals surface area contributed by atoms with E-state index in [1.54, 1.807) is 0 Å². The Morgan fingerprint density at radius 3 is 2.52 bits per heavy atom. The molecule has 2 rings (SSSR count). The van der Waals surface area contributed by atoms with Crippen LogP contribution in [0.15, 0.2) is 40.9 Å². The zero-order chi connectivity index (χ0) is 15.6. The largest absolute Gasteiger partial charge is 0.478 e. The lowest BCUT2D eigenvalue weighted by Gasteiger charge is -2.10. The minimum atomic E-state index is -1.19. The van der Waals surface area contributed by atoms with Crippen molar-refractivity contribution in [1.82, 2.24) is 0 Å². The number of halogens is 2. The second-order valence-electron chi connectivity index (χ2n) is 4.18. The third kappa shape index (κ3) is 3.38. The Morgan fingerprint density at radius 2 is 1.86 bits per heavy atom. The molecule has 7 heteroatoms. The van der Waals surface area contributed by atoms with Gasteiger partial charge in [-0.3, -0.25) is 4.79 Å². The van der Waals surface area contributed by atoms with Crippen molar-refractivity contribution < 1.29 is 19.1 Å². The van der Waals surface area contributed by atoms with E-state index in [-0.39, 0.29) is 22.5 Å². The summed E-state index contributed by atoms with van der Waals surface area (Å²) < 4.78 is 13.8. The molecular formula is C14H10BrFN2O3. The van der Waals surface area contributed by atoms with Gasteiger partial charge in [0, 0.05) is 10.2 Å². The third-order valence-electron chi connectivity index (χ3n) is 2.72. The number of benzene rings is 2. The predicted octanol–water partition coefficient (Wildman–Crippen LogP) is 3.12. The van der Waals surface area contributed by atoms with Crippen LogP contribution >= 0.6 is 15.9 Å². The predicted molar refractivity (Wildman–Crippen MR) is 79.9 cm³/mol. The first kappa shape index (κ1) is 15.0. The van der Waals surface area contributed by atoms with Crippen LogP contribution in [-0.2, 0) is 0 Å². The Kier molecular flexibility index (Phi) is 4.23. The molecule has 5 nitrogen and oxygen atoms in total. The summed E-state index contributed by atoms with van der Waals surface area (Å²) in [6.45, 7) is 0. The smallest absolute Gasteiger partial charge is 0.337 e. The summed E-state index contributed by atoms with van der Waals surface area (Å²) in [6.07, 6.45) is 0. The second kappa shape index (κ2) is 5.92. The number of nitrogens with one attached hydrogen (secondary N) is 1. The Morgan fingerprint density at radius 1 is 1.14 bits per heavy atom. The van der Waals surface area contributed by atoms with Crippen molar-refractivity contribution in [2.45, 2.75) is 0 Å². The lowest BCUT2D eigenvalue weighted by molar-refractivity contribution is 0.0698. The molecule has 0 fully saturated rings. The van der Waals surface area contributed by atoms with E-state index in [4.69, 9.17) is 10.8 Å². The van der Waals surface area contributed by atoms with Gasteiger partial charge >= 0.3 is 5.97 Å². The minimum Gasteiger partial charge on any atom is -0.478 e. The Balaban J connectivity index is 2.38. The summed E-state index contributed by atoms with van der Waals surface area (Å²) in [6, 6.07) is 7.71. The van der Waals surface area contributed by atoms with Crippen molar-refractivity contribution in [1.29, 1.82) is 0 Å². The van der Waals surface area contributed by atoms with Gasteiger partial charge in [-0.25, -0.2) is 9.18 Å². The zero-order valence-electron chi connectivity index (χ0n) is 10.6. The molecule has 0 aliphatic heterocycles. The van der Waals surface area contributed by atoms with Gasteiger partial charge in [-0.15, -0.1) is 0 Å². The lowest BCUT2D eigenvalue weighted by Crippen LogP contribution is -2.16. The molecule has 21 heavy (non-hydrogen) atoms. The maximum Gasteiger partial charge on any atom is 0.337 e. The van der Waals surface area contributed by atoms with Gasteiger partial charge in [0.15, 0.2) is 0 Å². The number of carboxylic acids is 1. The normalized spacial score (nSPS) is 10.2. The first-order valence-corrected chi connectivity index (χ1v) is 6.57. The van der Waals surface area contributed by atoms with Crippen molar-refractivity contribution in [3.8, 4) is 0 Å². The van der Waals surface area contributed by atoms with Crippen molar-refractivity contribution in [2.24, 2.45) is 0 Å². The molecular weight excluding hydrogens is 343 g/mol. The van der Waals surface area contributed by atoms with Crippen LogP contribution in [-0.4, -0.2) is 17.0 Å². The molecule has 0 aliphatic rings. The molecule has 4 N–H and O–H groups in total. The van der Waals surface area contributed by atoms with Crippen LogP contribution < -0.4 is 11.1 Å². The SMILES string of the molecule is Nc1ccc(F)cc1C(=O)Nc1cc(Br)ccc1C(=O)O. The summed E-state index contributed by atoms with van der Waals surface area (Å²) in [4.78, 5) is 23.2. The summed E-state index contributed by atoms with van der Waals surface area (Å²) in [5, 5.41) is 11.5. The van der Waals surface area contributed by atoms with E-state index < -0.39 is 17.7 Å². The molecule has 108 valence electrons. The first-order valence-electron chi connectivity index (χ1n) is 5.77. The zero-order valence-corrected chi connectivity index (χ0v) is 12.1. The number of carboxylic acid groups (broad SMARTS) is 1. The van der Waals surface area contributed by atoms with E-state index in [9.17, 15) is 14.0 Å². The number of anilines is 2. The quantitative estimate of drug-likeness (QED) is 0.740. The van der Waals surface area contributed by atoms with Crippen molar-refractivity contribution in [2.75, 3.05) is 11.1 Å². The molecule has 0 aliphatic carbocycles. The number of carbonyl (C=O) groups excluding carboxylic acids is 1. The van der Waals surface area contributed by atoms with Crippen LogP contribution in [0.5, 0.6) is 0 Å². The molecule has 0 atom stereocenters. The Bertz CT molecular complexity index is 734. The van der Waals surface area contributed by atoms with Crippen molar-refractivity contribution in [3.05, 3.63) is 57.8 Å². The third-order valence-corrected chi connectivity index (χ3v) is 3.21. The number of nitrogen functional groups attached to an aromatic ring is 1. The molecule has 2 aromatic rings. The average Bonchev–Trinajstić information content (AvgIpc) is 2.41. The van der Waals surface area contributed by atoms with Gasteiger partial charge in [0.05, 0.1) is 16.8 Å². The van der Waals surface area contributed by atoms with Crippen LogP contribution in [0, 0.1) is 5.82 Å². The number of hydrogen-bond donors (Lipinski definition) is 3. The fourth-order valence-corrected chi connectivity index (χ4v) is 2.08.